The van der Waals surface area contributed by atoms with Crippen LogP contribution in [0.3, 0.4) is 0 Å². The fraction of sp³-hybridized carbons (Fsp3) is 0.294. The van der Waals surface area contributed by atoms with Crippen LogP contribution < -0.4 is 10.2 Å². The number of pyridine rings is 1. The number of aromatic nitrogens is 1. The SMILES string of the molecule is Cc1ccc(Cl)cc1NC(=S)N1CCN(c2ccccn2)CC1. The summed E-state index contributed by atoms with van der Waals surface area (Å²) >= 11 is 11.6. The summed E-state index contributed by atoms with van der Waals surface area (Å²) in [6, 6.07) is 11.8. The summed E-state index contributed by atoms with van der Waals surface area (Å²) in [7, 11) is 0. The van der Waals surface area contributed by atoms with Gasteiger partial charge < -0.3 is 15.1 Å². The lowest BCUT2D eigenvalue weighted by atomic mass is 10.2. The Kier molecular flexibility index (Phi) is 4.98. The molecule has 0 atom stereocenters. The number of anilines is 2. The first-order chi connectivity index (χ1) is 11.1. The predicted octanol–water partition coefficient (Wildman–Crippen LogP) is 3.56. The van der Waals surface area contributed by atoms with Crippen molar-refractivity contribution in [3.8, 4) is 0 Å². The minimum Gasteiger partial charge on any atom is -0.353 e. The maximum Gasteiger partial charge on any atom is 0.173 e. The van der Waals surface area contributed by atoms with Crippen LogP contribution in [0.2, 0.25) is 5.02 Å². The normalized spacial score (nSPS) is 14.7. The topological polar surface area (TPSA) is 31.4 Å². The third-order valence-corrected chi connectivity index (χ3v) is 4.58. The van der Waals surface area contributed by atoms with Crippen LogP contribution in [0.4, 0.5) is 11.5 Å². The molecule has 6 heteroatoms. The first-order valence-electron chi connectivity index (χ1n) is 7.61. The molecule has 0 spiro atoms. The van der Waals surface area contributed by atoms with Gasteiger partial charge in [-0.15, -0.1) is 0 Å². The molecule has 0 radical (unpaired) electrons. The van der Waals surface area contributed by atoms with Gasteiger partial charge in [-0.3, -0.25) is 0 Å². The van der Waals surface area contributed by atoms with Crippen molar-refractivity contribution >= 4 is 40.4 Å². The van der Waals surface area contributed by atoms with Gasteiger partial charge >= 0.3 is 0 Å². The number of halogens is 1. The molecule has 1 aromatic heterocycles. The van der Waals surface area contributed by atoms with E-state index in [2.05, 4.69) is 20.1 Å². The first-order valence-corrected chi connectivity index (χ1v) is 8.40. The molecule has 1 aliphatic heterocycles. The van der Waals surface area contributed by atoms with E-state index in [4.69, 9.17) is 23.8 Å². The number of piperazine rings is 1. The molecule has 0 amide bonds. The molecule has 1 saturated heterocycles. The van der Waals surface area contributed by atoms with Gasteiger partial charge in [0.2, 0.25) is 0 Å². The largest absolute Gasteiger partial charge is 0.353 e. The summed E-state index contributed by atoms with van der Waals surface area (Å²) in [5.41, 5.74) is 2.10. The third kappa shape index (κ3) is 3.92. The van der Waals surface area contributed by atoms with Crippen LogP contribution >= 0.6 is 23.8 Å². The molecule has 1 aromatic carbocycles. The Labute approximate surface area is 147 Å². The van der Waals surface area contributed by atoms with E-state index in [1.54, 1.807) is 0 Å². The zero-order valence-corrected chi connectivity index (χ0v) is 14.6. The highest BCUT2D eigenvalue weighted by atomic mass is 35.5. The third-order valence-electron chi connectivity index (χ3n) is 3.98. The van der Waals surface area contributed by atoms with Gasteiger partial charge in [-0.25, -0.2) is 4.98 Å². The monoisotopic (exact) mass is 346 g/mol. The smallest absolute Gasteiger partial charge is 0.173 e. The van der Waals surface area contributed by atoms with Crippen LogP contribution in [-0.2, 0) is 0 Å². The molecular formula is C17H19ClN4S. The highest BCUT2D eigenvalue weighted by Crippen LogP contribution is 2.21. The highest BCUT2D eigenvalue weighted by Gasteiger charge is 2.20. The number of nitrogens with one attached hydrogen (secondary N) is 1. The van der Waals surface area contributed by atoms with Crippen molar-refractivity contribution in [3.05, 3.63) is 53.2 Å². The van der Waals surface area contributed by atoms with Gasteiger partial charge in [-0.2, -0.15) is 0 Å². The zero-order valence-electron chi connectivity index (χ0n) is 13.0. The van der Waals surface area contributed by atoms with Crippen LogP contribution in [-0.4, -0.2) is 41.2 Å². The van der Waals surface area contributed by atoms with Crippen molar-refractivity contribution < 1.29 is 0 Å². The standard InChI is InChI=1S/C17H19ClN4S/c1-13-5-6-14(18)12-15(13)20-17(23)22-10-8-21(9-11-22)16-4-2-3-7-19-16/h2-7,12H,8-11H2,1H3,(H,20,23). The Morgan fingerprint density at radius 2 is 1.96 bits per heavy atom. The number of rotatable bonds is 2. The summed E-state index contributed by atoms with van der Waals surface area (Å²) in [5.74, 6) is 1.02. The van der Waals surface area contributed by atoms with Gasteiger partial charge in [-0.05, 0) is 49.0 Å². The van der Waals surface area contributed by atoms with E-state index < -0.39 is 0 Å². The Bertz CT molecular complexity index is 684. The van der Waals surface area contributed by atoms with E-state index >= 15 is 0 Å². The van der Waals surface area contributed by atoms with Gasteiger partial charge in [0, 0.05) is 43.1 Å². The Hall–Kier alpha value is -1.85. The van der Waals surface area contributed by atoms with Crippen LogP contribution in [0.5, 0.6) is 0 Å². The lowest BCUT2D eigenvalue weighted by Gasteiger charge is -2.36. The van der Waals surface area contributed by atoms with E-state index in [0.29, 0.717) is 5.02 Å². The summed E-state index contributed by atoms with van der Waals surface area (Å²) in [6.07, 6.45) is 1.83. The van der Waals surface area contributed by atoms with Crippen LogP contribution in [0.15, 0.2) is 42.6 Å². The van der Waals surface area contributed by atoms with Crippen molar-refractivity contribution in [3.63, 3.8) is 0 Å². The van der Waals surface area contributed by atoms with Crippen molar-refractivity contribution in [1.29, 1.82) is 0 Å². The first kappa shape index (κ1) is 16.0. The predicted molar refractivity (Wildman–Crippen MR) is 100 cm³/mol. The molecule has 1 aliphatic rings. The second-order valence-electron chi connectivity index (χ2n) is 5.55. The van der Waals surface area contributed by atoms with Gasteiger partial charge in [0.1, 0.15) is 5.82 Å². The Morgan fingerprint density at radius 1 is 1.17 bits per heavy atom. The molecule has 0 aliphatic carbocycles. The van der Waals surface area contributed by atoms with Crippen molar-refractivity contribution in [1.82, 2.24) is 9.88 Å². The van der Waals surface area contributed by atoms with E-state index in [0.717, 1.165) is 48.4 Å². The fourth-order valence-electron chi connectivity index (χ4n) is 2.60. The van der Waals surface area contributed by atoms with E-state index in [9.17, 15) is 0 Å². The zero-order chi connectivity index (χ0) is 16.2. The minimum absolute atomic E-state index is 0.709. The number of aryl methyl sites for hydroxylation is 1. The van der Waals surface area contributed by atoms with E-state index in [1.165, 1.54) is 0 Å². The lowest BCUT2D eigenvalue weighted by Crippen LogP contribution is -2.50. The fourth-order valence-corrected chi connectivity index (χ4v) is 3.07. The molecule has 4 nitrogen and oxygen atoms in total. The maximum absolute atomic E-state index is 6.06. The molecular weight excluding hydrogens is 328 g/mol. The summed E-state index contributed by atoms with van der Waals surface area (Å²) in [6.45, 7) is 5.62. The van der Waals surface area contributed by atoms with Gasteiger partial charge in [-0.1, -0.05) is 23.7 Å². The molecule has 2 heterocycles. The molecule has 0 saturated carbocycles. The van der Waals surface area contributed by atoms with Crippen LogP contribution in [0.25, 0.3) is 0 Å². The molecule has 3 rings (SSSR count). The Morgan fingerprint density at radius 3 is 2.65 bits per heavy atom. The molecule has 0 bridgehead atoms. The summed E-state index contributed by atoms with van der Waals surface area (Å²) in [5, 5.41) is 4.77. The average Bonchev–Trinajstić information content (AvgIpc) is 2.59. The maximum atomic E-state index is 6.06. The van der Waals surface area contributed by atoms with Gasteiger partial charge in [0.05, 0.1) is 0 Å². The van der Waals surface area contributed by atoms with Crippen molar-refractivity contribution in [2.45, 2.75) is 6.92 Å². The van der Waals surface area contributed by atoms with Crippen molar-refractivity contribution in [2.75, 3.05) is 36.4 Å². The molecule has 1 fully saturated rings. The van der Waals surface area contributed by atoms with E-state index in [-0.39, 0.29) is 0 Å². The highest BCUT2D eigenvalue weighted by molar-refractivity contribution is 7.80. The number of hydrogen-bond acceptors (Lipinski definition) is 3. The number of thiocarbonyl (C=S) groups is 1. The van der Waals surface area contributed by atoms with Crippen LogP contribution in [0.1, 0.15) is 5.56 Å². The number of nitrogens with zero attached hydrogens (tertiary/aromatic N) is 3. The average molecular weight is 347 g/mol. The number of hydrogen-bond donors (Lipinski definition) is 1. The molecule has 2 aromatic rings. The molecule has 23 heavy (non-hydrogen) atoms. The molecule has 1 N–H and O–H groups in total. The Balaban J connectivity index is 1.59. The van der Waals surface area contributed by atoms with Gasteiger partial charge in [0.25, 0.3) is 0 Å². The van der Waals surface area contributed by atoms with Crippen molar-refractivity contribution in [2.24, 2.45) is 0 Å². The van der Waals surface area contributed by atoms with Gasteiger partial charge in [0.15, 0.2) is 5.11 Å². The molecule has 0 unspecified atom stereocenters. The molecule has 120 valence electrons. The van der Waals surface area contributed by atoms with Crippen LogP contribution in [0, 0.1) is 6.92 Å². The second kappa shape index (κ2) is 7.15. The summed E-state index contributed by atoms with van der Waals surface area (Å²) in [4.78, 5) is 8.88. The lowest BCUT2D eigenvalue weighted by molar-refractivity contribution is 0.389. The minimum atomic E-state index is 0.709. The quantitative estimate of drug-likeness (QED) is 0.840. The second-order valence-corrected chi connectivity index (χ2v) is 6.37. The summed E-state index contributed by atoms with van der Waals surface area (Å²) < 4.78 is 0. The number of benzene rings is 1. The van der Waals surface area contributed by atoms with E-state index in [1.807, 2.05) is 49.5 Å².